The third kappa shape index (κ3) is 5.49. The standard InChI is InChI=1S/C12H26OSi.C3H4O2/c1-5-12(6-2)10-9-11-14(7-3,8-4)13-12;1-2-3(4)5/h5-11H2,1-4H3;2H,1H2,(H,4,5). The highest BCUT2D eigenvalue weighted by Crippen LogP contribution is 2.41. The zero-order valence-electron chi connectivity index (χ0n) is 13.0. The molecule has 0 unspecified atom stereocenters. The minimum Gasteiger partial charge on any atom is -0.478 e. The molecule has 4 heteroatoms. The van der Waals surface area contributed by atoms with Gasteiger partial charge in [0, 0.05) is 6.08 Å². The van der Waals surface area contributed by atoms with Gasteiger partial charge in [0.2, 0.25) is 0 Å². The molecule has 0 amide bonds. The van der Waals surface area contributed by atoms with Crippen molar-refractivity contribution in [2.75, 3.05) is 0 Å². The van der Waals surface area contributed by atoms with Gasteiger partial charge in [0.25, 0.3) is 0 Å². The molecule has 1 aliphatic rings. The Morgan fingerprint density at radius 1 is 1.32 bits per heavy atom. The van der Waals surface area contributed by atoms with Crippen LogP contribution in [0, 0.1) is 0 Å². The Labute approximate surface area is 119 Å². The lowest BCUT2D eigenvalue weighted by Gasteiger charge is -2.46. The molecular weight excluding hydrogens is 256 g/mol. The molecule has 0 aromatic rings. The van der Waals surface area contributed by atoms with Gasteiger partial charge in [-0.3, -0.25) is 0 Å². The molecule has 0 aromatic heterocycles. The molecule has 0 aliphatic carbocycles. The van der Waals surface area contributed by atoms with Gasteiger partial charge < -0.3 is 9.53 Å². The Hall–Kier alpha value is -0.613. The molecule has 0 spiro atoms. The van der Waals surface area contributed by atoms with Gasteiger partial charge in [0.1, 0.15) is 0 Å². The van der Waals surface area contributed by atoms with Gasteiger partial charge >= 0.3 is 5.97 Å². The maximum atomic E-state index is 9.25. The smallest absolute Gasteiger partial charge is 0.327 e. The van der Waals surface area contributed by atoms with E-state index in [9.17, 15) is 4.79 Å². The van der Waals surface area contributed by atoms with Crippen LogP contribution in [-0.2, 0) is 9.22 Å². The van der Waals surface area contributed by atoms with Crippen LogP contribution < -0.4 is 0 Å². The number of hydrogen-bond acceptors (Lipinski definition) is 2. The maximum Gasteiger partial charge on any atom is 0.327 e. The Bertz CT molecular complexity index is 263. The first kappa shape index (κ1) is 18.4. The van der Waals surface area contributed by atoms with E-state index >= 15 is 0 Å². The summed E-state index contributed by atoms with van der Waals surface area (Å²) in [4.78, 5) is 9.25. The van der Waals surface area contributed by atoms with Crippen LogP contribution in [0.3, 0.4) is 0 Å². The van der Waals surface area contributed by atoms with Crippen LogP contribution in [0.25, 0.3) is 0 Å². The minimum absolute atomic E-state index is 0.260. The predicted octanol–water partition coefficient (Wildman–Crippen LogP) is 4.60. The van der Waals surface area contributed by atoms with E-state index in [-0.39, 0.29) is 5.60 Å². The van der Waals surface area contributed by atoms with Gasteiger partial charge in [-0.1, -0.05) is 40.7 Å². The number of rotatable bonds is 5. The molecular formula is C15H30O3Si. The fraction of sp³-hybridized carbons (Fsp3) is 0.800. The molecule has 1 saturated heterocycles. The van der Waals surface area contributed by atoms with Crippen LogP contribution in [0.15, 0.2) is 12.7 Å². The number of carboxylic acid groups (broad SMARTS) is 1. The van der Waals surface area contributed by atoms with Crippen molar-refractivity contribution in [3.63, 3.8) is 0 Å². The molecule has 1 heterocycles. The summed E-state index contributed by atoms with van der Waals surface area (Å²) >= 11 is 0. The van der Waals surface area contributed by atoms with Gasteiger partial charge in [-0.25, -0.2) is 4.79 Å². The summed E-state index contributed by atoms with van der Waals surface area (Å²) in [5, 5.41) is 7.60. The third-order valence-electron chi connectivity index (χ3n) is 4.45. The normalized spacial score (nSPS) is 20.0. The fourth-order valence-electron chi connectivity index (χ4n) is 2.79. The average Bonchev–Trinajstić information content (AvgIpc) is 2.47. The largest absolute Gasteiger partial charge is 0.478 e. The van der Waals surface area contributed by atoms with Crippen LogP contribution >= 0.6 is 0 Å². The first-order valence-corrected chi connectivity index (χ1v) is 10.0. The lowest BCUT2D eigenvalue weighted by Crippen LogP contribution is -2.50. The summed E-state index contributed by atoms with van der Waals surface area (Å²) in [5.74, 6) is -0.981. The van der Waals surface area contributed by atoms with E-state index in [1.54, 1.807) is 0 Å². The van der Waals surface area contributed by atoms with E-state index in [1.807, 2.05) is 0 Å². The SMILES string of the molecule is C=CC(=O)O.CCC1(CC)CCC[Si](CC)(CC)O1. The summed E-state index contributed by atoms with van der Waals surface area (Å²) in [6, 6.07) is 4.03. The molecule has 112 valence electrons. The van der Waals surface area contributed by atoms with Crippen LogP contribution in [0.1, 0.15) is 53.4 Å². The molecule has 0 saturated carbocycles. The maximum absolute atomic E-state index is 9.25. The quantitative estimate of drug-likeness (QED) is 0.593. The molecule has 0 aromatic carbocycles. The Morgan fingerprint density at radius 2 is 1.79 bits per heavy atom. The van der Waals surface area contributed by atoms with Gasteiger partial charge in [0.15, 0.2) is 8.32 Å². The summed E-state index contributed by atoms with van der Waals surface area (Å²) in [6.07, 6.45) is 5.96. The van der Waals surface area contributed by atoms with Crippen LogP contribution in [0.4, 0.5) is 0 Å². The van der Waals surface area contributed by atoms with E-state index in [1.165, 1.54) is 43.8 Å². The number of carbonyl (C=O) groups is 1. The van der Waals surface area contributed by atoms with Gasteiger partial charge in [-0.2, -0.15) is 0 Å². The van der Waals surface area contributed by atoms with E-state index < -0.39 is 14.3 Å². The van der Waals surface area contributed by atoms with Crippen molar-refractivity contribution in [2.24, 2.45) is 0 Å². The van der Waals surface area contributed by atoms with Crippen molar-refractivity contribution in [3.05, 3.63) is 12.7 Å². The second kappa shape index (κ2) is 8.54. The minimum atomic E-state index is -1.31. The third-order valence-corrected chi connectivity index (χ3v) is 9.16. The van der Waals surface area contributed by atoms with Crippen molar-refractivity contribution >= 4 is 14.3 Å². The Balaban J connectivity index is 0.000000555. The summed E-state index contributed by atoms with van der Waals surface area (Å²) in [6.45, 7) is 12.2. The monoisotopic (exact) mass is 286 g/mol. The number of aliphatic carboxylic acids is 1. The summed E-state index contributed by atoms with van der Waals surface area (Å²) < 4.78 is 6.60. The fourth-order valence-corrected chi connectivity index (χ4v) is 6.52. The first-order valence-electron chi connectivity index (χ1n) is 7.48. The predicted molar refractivity (Wildman–Crippen MR) is 83.0 cm³/mol. The second-order valence-electron chi connectivity index (χ2n) is 5.28. The highest BCUT2D eigenvalue weighted by Gasteiger charge is 2.43. The van der Waals surface area contributed by atoms with Gasteiger partial charge in [-0.05, 0) is 37.4 Å². The molecule has 19 heavy (non-hydrogen) atoms. The van der Waals surface area contributed by atoms with Crippen LogP contribution in [0.5, 0.6) is 0 Å². The Morgan fingerprint density at radius 3 is 2.11 bits per heavy atom. The van der Waals surface area contributed by atoms with Crippen molar-refractivity contribution in [2.45, 2.75) is 77.1 Å². The van der Waals surface area contributed by atoms with Crippen molar-refractivity contribution in [1.82, 2.24) is 0 Å². The lowest BCUT2D eigenvalue weighted by molar-refractivity contribution is -0.131. The van der Waals surface area contributed by atoms with Gasteiger partial charge in [-0.15, -0.1) is 0 Å². The van der Waals surface area contributed by atoms with Crippen molar-refractivity contribution < 1.29 is 14.3 Å². The van der Waals surface area contributed by atoms with Crippen LogP contribution in [0.2, 0.25) is 18.1 Å². The highest BCUT2D eigenvalue weighted by atomic mass is 28.4. The zero-order valence-corrected chi connectivity index (χ0v) is 14.0. The van der Waals surface area contributed by atoms with E-state index in [0.717, 1.165) is 6.08 Å². The van der Waals surface area contributed by atoms with E-state index in [0.29, 0.717) is 0 Å². The molecule has 3 nitrogen and oxygen atoms in total. The molecule has 0 bridgehead atoms. The lowest BCUT2D eigenvalue weighted by atomic mass is 9.92. The van der Waals surface area contributed by atoms with Gasteiger partial charge in [0.05, 0.1) is 5.60 Å². The molecule has 1 N–H and O–H groups in total. The number of hydrogen-bond donors (Lipinski definition) is 1. The Kier molecular flexibility index (Phi) is 8.26. The molecule has 1 rings (SSSR count). The topological polar surface area (TPSA) is 46.5 Å². The van der Waals surface area contributed by atoms with Crippen molar-refractivity contribution in [1.29, 1.82) is 0 Å². The molecule has 1 fully saturated rings. The molecule has 1 aliphatic heterocycles. The summed E-state index contributed by atoms with van der Waals surface area (Å²) in [7, 11) is -1.31. The van der Waals surface area contributed by atoms with Crippen molar-refractivity contribution in [3.8, 4) is 0 Å². The molecule has 0 radical (unpaired) electrons. The first-order chi connectivity index (χ1) is 8.93. The zero-order chi connectivity index (χ0) is 14.9. The van der Waals surface area contributed by atoms with E-state index in [4.69, 9.17) is 9.53 Å². The molecule has 0 atom stereocenters. The van der Waals surface area contributed by atoms with E-state index in [2.05, 4.69) is 34.3 Å². The highest BCUT2D eigenvalue weighted by molar-refractivity contribution is 6.73. The van der Waals surface area contributed by atoms with Crippen LogP contribution in [-0.4, -0.2) is 25.0 Å². The number of carboxylic acids is 1. The second-order valence-corrected chi connectivity index (χ2v) is 9.76. The average molecular weight is 286 g/mol. The summed E-state index contributed by atoms with van der Waals surface area (Å²) in [5.41, 5.74) is 0.260.